The second-order valence-corrected chi connectivity index (χ2v) is 6.82. The summed E-state index contributed by atoms with van der Waals surface area (Å²) in [6.45, 7) is 4.11. The van der Waals surface area contributed by atoms with Gasteiger partial charge in [0.15, 0.2) is 4.96 Å². The Labute approximate surface area is 142 Å². The van der Waals surface area contributed by atoms with Gasteiger partial charge in [-0.15, -0.1) is 0 Å². The van der Waals surface area contributed by atoms with Gasteiger partial charge < -0.3 is 4.74 Å². The molecular weight excluding hydrogens is 320 g/mol. The van der Waals surface area contributed by atoms with Crippen LogP contribution in [0, 0.1) is 13.8 Å². The van der Waals surface area contributed by atoms with Crippen molar-refractivity contribution in [2.75, 3.05) is 7.11 Å². The fourth-order valence-corrected chi connectivity index (χ4v) is 3.82. The van der Waals surface area contributed by atoms with Crippen LogP contribution in [0.5, 0.6) is 5.75 Å². The number of ether oxygens (including phenoxy) is 1. The van der Waals surface area contributed by atoms with E-state index in [-0.39, 0.29) is 5.56 Å². The van der Waals surface area contributed by atoms with Crippen LogP contribution in [-0.4, -0.2) is 16.5 Å². The van der Waals surface area contributed by atoms with Crippen LogP contribution < -0.4 is 14.8 Å². The van der Waals surface area contributed by atoms with Crippen molar-refractivity contribution in [1.29, 1.82) is 0 Å². The highest BCUT2D eigenvalue weighted by Gasteiger charge is 2.12. The average molecular weight is 336 g/mol. The minimum absolute atomic E-state index is 0.0355. The molecule has 0 unspecified atom stereocenters. The van der Waals surface area contributed by atoms with E-state index in [0.717, 1.165) is 32.9 Å². The molecule has 0 aliphatic rings. The monoisotopic (exact) mass is 336 g/mol. The van der Waals surface area contributed by atoms with Crippen molar-refractivity contribution in [3.05, 3.63) is 68.0 Å². The van der Waals surface area contributed by atoms with E-state index < -0.39 is 0 Å². The minimum Gasteiger partial charge on any atom is -0.496 e. The molecule has 24 heavy (non-hydrogen) atoms. The number of hydrogen-bond donors (Lipinski definition) is 0. The van der Waals surface area contributed by atoms with Crippen LogP contribution in [-0.2, 0) is 0 Å². The highest BCUT2D eigenvalue weighted by Crippen LogP contribution is 2.21. The van der Waals surface area contributed by atoms with Crippen molar-refractivity contribution in [2.45, 2.75) is 13.8 Å². The fraction of sp³-hybridized carbons (Fsp3) is 0.158. The van der Waals surface area contributed by atoms with Gasteiger partial charge in [0.2, 0.25) is 0 Å². The summed E-state index contributed by atoms with van der Waals surface area (Å²) in [5.41, 5.74) is 4.93. The second kappa shape index (κ2) is 5.46. The Morgan fingerprint density at radius 1 is 1.17 bits per heavy atom. The van der Waals surface area contributed by atoms with Crippen LogP contribution in [0.3, 0.4) is 0 Å². The molecule has 4 nitrogen and oxygen atoms in total. The van der Waals surface area contributed by atoms with Gasteiger partial charge in [-0.2, -0.15) is 0 Å². The smallest absolute Gasteiger partial charge is 0.274 e. The first-order chi connectivity index (χ1) is 11.6. The molecule has 2 heterocycles. The Bertz CT molecular complexity index is 1190. The summed E-state index contributed by atoms with van der Waals surface area (Å²) in [6.07, 6.45) is 1.87. The maximum Gasteiger partial charge on any atom is 0.274 e. The molecule has 5 heteroatoms. The Balaban J connectivity index is 2.02. The van der Waals surface area contributed by atoms with Gasteiger partial charge in [-0.3, -0.25) is 4.79 Å². The van der Waals surface area contributed by atoms with Gasteiger partial charge in [-0.1, -0.05) is 29.5 Å². The van der Waals surface area contributed by atoms with Crippen molar-refractivity contribution in [1.82, 2.24) is 9.38 Å². The van der Waals surface area contributed by atoms with Crippen molar-refractivity contribution in [3.8, 4) is 5.75 Å². The normalized spacial score (nSPS) is 12.4. The van der Waals surface area contributed by atoms with Gasteiger partial charge >= 0.3 is 0 Å². The zero-order valence-electron chi connectivity index (χ0n) is 13.7. The van der Waals surface area contributed by atoms with Gasteiger partial charge in [0.05, 0.1) is 22.7 Å². The van der Waals surface area contributed by atoms with Crippen LogP contribution in [0.1, 0.15) is 16.7 Å². The number of nitrogens with zero attached hydrogens (tertiary/aromatic N) is 2. The van der Waals surface area contributed by atoms with Gasteiger partial charge in [0, 0.05) is 5.56 Å². The summed E-state index contributed by atoms with van der Waals surface area (Å²) in [7, 11) is 1.63. The molecule has 4 aromatic rings. The molecule has 0 spiro atoms. The Kier molecular flexibility index (Phi) is 3.39. The van der Waals surface area contributed by atoms with Crippen molar-refractivity contribution in [2.24, 2.45) is 0 Å². The Morgan fingerprint density at radius 3 is 2.71 bits per heavy atom. The number of hydrogen-bond acceptors (Lipinski definition) is 4. The molecule has 0 N–H and O–H groups in total. The average Bonchev–Trinajstić information content (AvgIpc) is 3.05. The van der Waals surface area contributed by atoms with Crippen molar-refractivity contribution >= 4 is 33.4 Å². The molecule has 0 fully saturated rings. The number of aryl methyl sites for hydroxylation is 2. The zero-order chi connectivity index (χ0) is 16.8. The van der Waals surface area contributed by atoms with Crippen molar-refractivity contribution < 1.29 is 4.74 Å². The summed E-state index contributed by atoms with van der Waals surface area (Å²) >= 11 is 1.40. The molecule has 0 aliphatic heterocycles. The van der Waals surface area contributed by atoms with E-state index in [4.69, 9.17) is 4.74 Å². The number of imidazole rings is 1. The van der Waals surface area contributed by atoms with E-state index in [9.17, 15) is 4.79 Å². The quantitative estimate of drug-likeness (QED) is 0.565. The highest BCUT2D eigenvalue weighted by atomic mass is 32.1. The molecule has 120 valence electrons. The van der Waals surface area contributed by atoms with Crippen LogP contribution in [0.4, 0.5) is 0 Å². The lowest BCUT2D eigenvalue weighted by molar-refractivity contribution is 0.414. The summed E-state index contributed by atoms with van der Waals surface area (Å²) < 4.78 is 7.72. The fourth-order valence-electron chi connectivity index (χ4n) is 2.85. The van der Waals surface area contributed by atoms with Crippen LogP contribution in [0.2, 0.25) is 0 Å². The third-order valence-electron chi connectivity index (χ3n) is 4.28. The van der Waals surface area contributed by atoms with E-state index in [2.05, 4.69) is 11.9 Å². The molecule has 0 saturated carbocycles. The molecular formula is C19H16N2O2S. The maximum atomic E-state index is 12.9. The Morgan fingerprint density at radius 2 is 1.92 bits per heavy atom. The number of rotatable bonds is 2. The highest BCUT2D eigenvalue weighted by molar-refractivity contribution is 7.15. The molecule has 2 aromatic carbocycles. The minimum atomic E-state index is -0.0355. The van der Waals surface area contributed by atoms with Gasteiger partial charge in [-0.05, 0) is 49.2 Å². The molecule has 0 amide bonds. The molecule has 0 radical (unpaired) electrons. The van der Waals surface area contributed by atoms with E-state index in [0.29, 0.717) is 4.53 Å². The SMILES string of the molecule is COc1ccccc1/C=c1\sc2nc3cc(C)c(C)cc3n2c1=O. The lowest BCUT2D eigenvalue weighted by atomic mass is 10.1. The Hall–Kier alpha value is -2.66. The van der Waals surface area contributed by atoms with Crippen molar-refractivity contribution in [3.63, 3.8) is 0 Å². The zero-order valence-corrected chi connectivity index (χ0v) is 14.5. The third kappa shape index (κ3) is 2.20. The van der Waals surface area contributed by atoms with E-state index >= 15 is 0 Å². The van der Waals surface area contributed by atoms with Gasteiger partial charge in [0.25, 0.3) is 5.56 Å². The second-order valence-electron chi connectivity index (χ2n) is 5.81. The summed E-state index contributed by atoms with van der Waals surface area (Å²) in [5, 5.41) is 0. The number of aromatic nitrogens is 2. The van der Waals surface area contributed by atoms with Gasteiger partial charge in [0.1, 0.15) is 5.75 Å². The largest absolute Gasteiger partial charge is 0.496 e. The molecule has 2 aromatic heterocycles. The van der Waals surface area contributed by atoms with E-state index in [1.165, 1.54) is 16.9 Å². The number of methoxy groups -OCH3 is 1. The lowest BCUT2D eigenvalue weighted by Crippen LogP contribution is -2.22. The molecule has 4 rings (SSSR count). The standard InChI is InChI=1S/C19H16N2O2S/c1-11-8-14-15(9-12(11)2)21-18(22)17(24-19(21)20-14)10-13-6-4-5-7-16(13)23-3/h4-10H,1-3H3/b17-10-. The number of fused-ring (bicyclic) bond motifs is 3. The van der Waals surface area contributed by atoms with Crippen LogP contribution >= 0.6 is 11.3 Å². The predicted octanol–water partition coefficient (Wildman–Crippen LogP) is 3.08. The number of thiazole rings is 1. The topological polar surface area (TPSA) is 43.6 Å². The molecule has 0 aliphatic carbocycles. The first-order valence-corrected chi connectivity index (χ1v) is 8.47. The number of para-hydroxylation sites is 1. The van der Waals surface area contributed by atoms with E-state index in [1.54, 1.807) is 11.5 Å². The lowest BCUT2D eigenvalue weighted by Gasteiger charge is -2.02. The molecule has 0 bridgehead atoms. The summed E-state index contributed by atoms with van der Waals surface area (Å²) in [5.74, 6) is 0.749. The third-order valence-corrected chi connectivity index (χ3v) is 5.25. The first kappa shape index (κ1) is 14.9. The summed E-state index contributed by atoms with van der Waals surface area (Å²) in [6, 6.07) is 11.7. The first-order valence-electron chi connectivity index (χ1n) is 7.65. The maximum absolute atomic E-state index is 12.9. The van der Waals surface area contributed by atoms with Crippen LogP contribution in [0.25, 0.3) is 22.1 Å². The van der Waals surface area contributed by atoms with Gasteiger partial charge in [-0.25, -0.2) is 9.38 Å². The molecule has 0 saturated heterocycles. The van der Waals surface area contributed by atoms with E-state index in [1.807, 2.05) is 49.4 Å². The predicted molar refractivity (Wildman–Crippen MR) is 98.1 cm³/mol. The number of benzene rings is 2. The summed E-state index contributed by atoms with van der Waals surface area (Å²) in [4.78, 5) is 18.2. The molecule has 0 atom stereocenters. The van der Waals surface area contributed by atoms with Crippen LogP contribution in [0.15, 0.2) is 41.2 Å².